The third kappa shape index (κ3) is 4.47. The smallest absolute Gasteiger partial charge is 0.320 e. The number of carbonyl (C=O) groups excluding carboxylic acids is 1. The third-order valence-electron chi connectivity index (χ3n) is 3.48. The first-order valence-electron chi connectivity index (χ1n) is 7.27. The van der Waals surface area contributed by atoms with Gasteiger partial charge in [-0.15, -0.1) is 0 Å². The van der Waals surface area contributed by atoms with Crippen LogP contribution in [0, 0.1) is 0 Å². The number of benzene rings is 2. The molecule has 0 unspecified atom stereocenters. The van der Waals surface area contributed by atoms with E-state index < -0.39 is 6.92 Å². The minimum Gasteiger partial charge on any atom is -0.497 e. The maximum atomic E-state index is 12.2. The van der Waals surface area contributed by atoms with Crippen LogP contribution in [-0.2, 0) is 0 Å². The van der Waals surface area contributed by atoms with Crippen LogP contribution in [-0.4, -0.2) is 31.9 Å². The van der Waals surface area contributed by atoms with Gasteiger partial charge >= 0.3 is 6.92 Å². The number of hydrogen-bond donors (Lipinski definition) is 1. The summed E-state index contributed by atoms with van der Waals surface area (Å²) in [6, 6.07) is 12.3. The Kier molecular flexibility index (Phi) is 5.60. The standard InChI is InChI=1S/C18H19BO4/c1-19(21)15-7-5-14(6-8-15)18(20)9-4-13-10-16(22-2)12-17(11-13)23-3/h4-12,21H,1-3H3/b9-4+. The Balaban J connectivity index is 2.17. The van der Waals surface area contributed by atoms with Gasteiger partial charge in [0.15, 0.2) is 5.78 Å². The predicted molar refractivity (Wildman–Crippen MR) is 92.8 cm³/mol. The molecule has 0 fully saturated rings. The molecule has 118 valence electrons. The van der Waals surface area contributed by atoms with E-state index in [1.54, 1.807) is 57.5 Å². The zero-order chi connectivity index (χ0) is 16.8. The van der Waals surface area contributed by atoms with Crippen LogP contribution in [0.4, 0.5) is 0 Å². The second-order valence-electron chi connectivity index (χ2n) is 5.14. The van der Waals surface area contributed by atoms with Gasteiger partial charge in [-0.3, -0.25) is 4.79 Å². The second kappa shape index (κ2) is 7.65. The lowest BCUT2D eigenvalue weighted by Crippen LogP contribution is -2.25. The average Bonchev–Trinajstić information content (AvgIpc) is 2.59. The summed E-state index contributed by atoms with van der Waals surface area (Å²) in [4.78, 5) is 12.2. The van der Waals surface area contributed by atoms with Gasteiger partial charge in [0.05, 0.1) is 14.2 Å². The molecule has 0 saturated carbocycles. The van der Waals surface area contributed by atoms with Crippen molar-refractivity contribution in [2.24, 2.45) is 0 Å². The number of ether oxygens (including phenoxy) is 2. The highest BCUT2D eigenvalue weighted by Gasteiger charge is 2.08. The fraction of sp³-hybridized carbons (Fsp3) is 0.167. The fourth-order valence-corrected chi connectivity index (χ4v) is 2.12. The van der Waals surface area contributed by atoms with Crippen molar-refractivity contribution in [3.8, 4) is 11.5 Å². The van der Waals surface area contributed by atoms with E-state index in [4.69, 9.17) is 9.47 Å². The topological polar surface area (TPSA) is 55.8 Å². The Hall–Kier alpha value is -2.53. The van der Waals surface area contributed by atoms with Crippen molar-refractivity contribution in [1.82, 2.24) is 0 Å². The van der Waals surface area contributed by atoms with Crippen LogP contribution >= 0.6 is 0 Å². The van der Waals surface area contributed by atoms with Crippen LogP contribution < -0.4 is 14.9 Å². The van der Waals surface area contributed by atoms with Gasteiger partial charge in [-0.1, -0.05) is 37.2 Å². The molecular weight excluding hydrogens is 291 g/mol. The molecule has 0 amide bonds. The average molecular weight is 310 g/mol. The summed E-state index contributed by atoms with van der Waals surface area (Å²) in [6.07, 6.45) is 3.22. The molecule has 5 heteroatoms. The van der Waals surface area contributed by atoms with Crippen LogP contribution in [0.2, 0.25) is 6.82 Å². The Morgan fingerprint density at radius 1 is 1.04 bits per heavy atom. The Morgan fingerprint density at radius 2 is 1.61 bits per heavy atom. The second-order valence-corrected chi connectivity index (χ2v) is 5.14. The number of allylic oxidation sites excluding steroid dienone is 1. The number of hydrogen-bond acceptors (Lipinski definition) is 4. The monoisotopic (exact) mass is 310 g/mol. The lowest BCUT2D eigenvalue weighted by molar-refractivity contribution is 0.104. The molecule has 0 saturated heterocycles. The molecule has 2 aromatic carbocycles. The molecule has 0 spiro atoms. The lowest BCUT2D eigenvalue weighted by Gasteiger charge is -2.05. The summed E-state index contributed by atoms with van der Waals surface area (Å²) < 4.78 is 10.4. The number of carbonyl (C=O) groups is 1. The van der Waals surface area contributed by atoms with Crippen molar-refractivity contribution in [2.45, 2.75) is 6.82 Å². The molecule has 2 aromatic rings. The molecular formula is C18H19BO4. The van der Waals surface area contributed by atoms with E-state index in [1.807, 2.05) is 12.1 Å². The first-order valence-corrected chi connectivity index (χ1v) is 7.27. The summed E-state index contributed by atoms with van der Waals surface area (Å²) in [5.41, 5.74) is 2.17. The van der Waals surface area contributed by atoms with E-state index in [9.17, 15) is 9.82 Å². The fourth-order valence-electron chi connectivity index (χ4n) is 2.12. The Labute approximate surface area is 136 Å². The van der Waals surface area contributed by atoms with Crippen LogP contribution in [0.15, 0.2) is 48.5 Å². The molecule has 0 atom stereocenters. The summed E-state index contributed by atoms with van der Waals surface area (Å²) in [5.74, 6) is 1.22. The van der Waals surface area contributed by atoms with Gasteiger partial charge in [0.2, 0.25) is 0 Å². The van der Waals surface area contributed by atoms with Crippen LogP contribution in [0.5, 0.6) is 11.5 Å². The molecule has 2 rings (SSSR count). The third-order valence-corrected chi connectivity index (χ3v) is 3.48. The highest BCUT2D eigenvalue weighted by atomic mass is 16.5. The van der Waals surface area contributed by atoms with Gasteiger partial charge in [0, 0.05) is 11.6 Å². The highest BCUT2D eigenvalue weighted by molar-refractivity contribution is 6.64. The quantitative estimate of drug-likeness (QED) is 0.506. The van der Waals surface area contributed by atoms with E-state index >= 15 is 0 Å². The van der Waals surface area contributed by atoms with Crippen LogP contribution in [0.25, 0.3) is 6.08 Å². The van der Waals surface area contributed by atoms with Crippen molar-refractivity contribution in [1.29, 1.82) is 0 Å². The van der Waals surface area contributed by atoms with Crippen LogP contribution in [0.3, 0.4) is 0 Å². The molecule has 0 aliphatic rings. The van der Waals surface area contributed by atoms with E-state index in [-0.39, 0.29) is 5.78 Å². The highest BCUT2D eigenvalue weighted by Crippen LogP contribution is 2.23. The number of ketones is 1. The van der Waals surface area contributed by atoms with E-state index in [0.29, 0.717) is 17.1 Å². The van der Waals surface area contributed by atoms with Gasteiger partial charge in [-0.25, -0.2) is 0 Å². The molecule has 0 aromatic heterocycles. The lowest BCUT2D eigenvalue weighted by atomic mass is 9.64. The van der Waals surface area contributed by atoms with Gasteiger partial charge in [-0.05, 0) is 29.2 Å². The summed E-state index contributed by atoms with van der Waals surface area (Å²) in [6.45, 7) is 1.14. The SMILES string of the molecule is COc1cc(/C=C/C(=O)c2ccc(B(C)O)cc2)cc(OC)c1. The number of methoxy groups -OCH3 is 2. The molecule has 4 nitrogen and oxygen atoms in total. The van der Waals surface area contributed by atoms with E-state index in [1.165, 1.54) is 6.08 Å². The van der Waals surface area contributed by atoms with Crippen molar-refractivity contribution in [3.63, 3.8) is 0 Å². The zero-order valence-electron chi connectivity index (χ0n) is 13.4. The Morgan fingerprint density at radius 3 is 2.09 bits per heavy atom. The maximum Gasteiger partial charge on any atom is 0.320 e. The molecule has 0 aliphatic carbocycles. The molecule has 0 heterocycles. The molecule has 0 radical (unpaired) electrons. The summed E-state index contributed by atoms with van der Waals surface area (Å²) in [7, 11) is 3.16. The van der Waals surface area contributed by atoms with Crippen molar-refractivity contribution >= 4 is 24.2 Å². The van der Waals surface area contributed by atoms with Gasteiger partial charge in [0.25, 0.3) is 0 Å². The summed E-state index contributed by atoms with van der Waals surface area (Å²) in [5, 5.41) is 9.48. The predicted octanol–water partition coefficient (Wildman–Crippen LogP) is 2.42. The minimum absolute atomic E-state index is 0.107. The minimum atomic E-state index is -0.543. The summed E-state index contributed by atoms with van der Waals surface area (Å²) >= 11 is 0. The zero-order valence-corrected chi connectivity index (χ0v) is 13.4. The first kappa shape index (κ1) is 16.8. The first-order chi connectivity index (χ1) is 11.0. The van der Waals surface area contributed by atoms with Crippen molar-refractivity contribution in [3.05, 3.63) is 59.7 Å². The van der Waals surface area contributed by atoms with Crippen molar-refractivity contribution < 1.29 is 19.3 Å². The molecule has 0 aliphatic heterocycles. The Bertz CT molecular complexity index is 683. The molecule has 1 N–H and O–H groups in total. The molecule has 23 heavy (non-hydrogen) atoms. The van der Waals surface area contributed by atoms with Crippen molar-refractivity contribution in [2.75, 3.05) is 14.2 Å². The normalized spacial score (nSPS) is 10.6. The number of rotatable bonds is 6. The van der Waals surface area contributed by atoms with Gasteiger partial charge < -0.3 is 14.5 Å². The van der Waals surface area contributed by atoms with Crippen LogP contribution in [0.1, 0.15) is 15.9 Å². The van der Waals surface area contributed by atoms with E-state index in [0.717, 1.165) is 11.0 Å². The molecule has 0 bridgehead atoms. The van der Waals surface area contributed by atoms with Gasteiger partial charge in [0.1, 0.15) is 11.5 Å². The van der Waals surface area contributed by atoms with Gasteiger partial charge in [-0.2, -0.15) is 0 Å². The van der Waals surface area contributed by atoms with E-state index in [2.05, 4.69) is 0 Å². The maximum absolute atomic E-state index is 12.2. The largest absolute Gasteiger partial charge is 0.497 e.